The van der Waals surface area contributed by atoms with Crippen LogP contribution in [0.1, 0.15) is 38.7 Å². The normalized spacial score (nSPS) is 13.5. The van der Waals surface area contributed by atoms with Crippen molar-refractivity contribution in [1.29, 1.82) is 0 Å². The highest BCUT2D eigenvalue weighted by Gasteiger charge is 2.16. The Bertz CT molecular complexity index is 467. The second-order valence-corrected chi connectivity index (χ2v) is 5.59. The third kappa shape index (κ3) is 5.58. The highest BCUT2D eigenvalue weighted by molar-refractivity contribution is 5.33. The predicted molar refractivity (Wildman–Crippen MR) is 85.1 cm³/mol. The first kappa shape index (κ1) is 17.2. The molecule has 0 N–H and O–H groups in total. The van der Waals surface area contributed by atoms with Gasteiger partial charge in [-0.25, -0.2) is 0 Å². The van der Waals surface area contributed by atoms with E-state index >= 15 is 0 Å². The Kier molecular flexibility index (Phi) is 6.92. The molecule has 4 heteroatoms. The van der Waals surface area contributed by atoms with Crippen molar-refractivity contribution < 1.29 is 9.66 Å². The molecule has 1 aromatic carbocycles. The molecule has 0 aliphatic heterocycles. The van der Waals surface area contributed by atoms with E-state index in [4.69, 9.17) is 4.74 Å². The van der Waals surface area contributed by atoms with E-state index in [1.165, 1.54) is 0 Å². The number of rotatable bonds is 9. The van der Waals surface area contributed by atoms with Crippen molar-refractivity contribution in [3.05, 3.63) is 52.3 Å². The molecular weight excluding hydrogens is 266 g/mol. The first-order chi connectivity index (χ1) is 9.97. The third-order valence-electron chi connectivity index (χ3n) is 3.87. The SMILES string of the molecule is C=C(OC)C(C)CC(CCC)Cc1ccc([N+](=O)[O-])cc1. The Balaban J connectivity index is 2.69. The second-order valence-electron chi connectivity index (χ2n) is 5.59. The van der Waals surface area contributed by atoms with Crippen LogP contribution in [0.3, 0.4) is 0 Å². The van der Waals surface area contributed by atoms with Crippen LogP contribution in [0.15, 0.2) is 36.6 Å². The van der Waals surface area contributed by atoms with Crippen LogP contribution in [-0.4, -0.2) is 12.0 Å². The van der Waals surface area contributed by atoms with E-state index in [1.807, 2.05) is 12.1 Å². The zero-order chi connectivity index (χ0) is 15.8. The van der Waals surface area contributed by atoms with E-state index in [-0.39, 0.29) is 10.6 Å². The summed E-state index contributed by atoms with van der Waals surface area (Å²) < 4.78 is 5.21. The Hall–Kier alpha value is -1.84. The number of nitro benzene ring substituents is 1. The number of non-ortho nitro benzene ring substituents is 1. The van der Waals surface area contributed by atoms with Crippen molar-refractivity contribution in [2.45, 2.75) is 39.5 Å². The molecule has 0 aliphatic carbocycles. The molecule has 4 nitrogen and oxygen atoms in total. The minimum Gasteiger partial charge on any atom is -0.501 e. The van der Waals surface area contributed by atoms with Crippen molar-refractivity contribution in [1.82, 2.24) is 0 Å². The van der Waals surface area contributed by atoms with Crippen LogP contribution in [0.5, 0.6) is 0 Å². The van der Waals surface area contributed by atoms with E-state index in [1.54, 1.807) is 19.2 Å². The molecule has 1 aromatic rings. The zero-order valence-corrected chi connectivity index (χ0v) is 13.2. The quantitative estimate of drug-likeness (QED) is 0.375. The molecule has 0 heterocycles. The molecule has 0 spiro atoms. The largest absolute Gasteiger partial charge is 0.501 e. The van der Waals surface area contributed by atoms with Gasteiger partial charge in [-0.1, -0.05) is 45.4 Å². The van der Waals surface area contributed by atoms with Crippen molar-refractivity contribution in [2.24, 2.45) is 11.8 Å². The summed E-state index contributed by atoms with van der Waals surface area (Å²) in [5.41, 5.74) is 1.29. The summed E-state index contributed by atoms with van der Waals surface area (Å²) >= 11 is 0. The number of allylic oxidation sites excluding steroid dienone is 1. The molecule has 0 fully saturated rings. The molecule has 0 saturated carbocycles. The van der Waals surface area contributed by atoms with Crippen molar-refractivity contribution >= 4 is 5.69 Å². The van der Waals surface area contributed by atoms with Gasteiger partial charge in [-0.05, 0) is 24.3 Å². The summed E-state index contributed by atoms with van der Waals surface area (Å²) in [5.74, 6) is 1.68. The van der Waals surface area contributed by atoms with Crippen molar-refractivity contribution in [2.75, 3.05) is 7.11 Å². The molecule has 0 amide bonds. The Labute approximate surface area is 127 Å². The maximum Gasteiger partial charge on any atom is 0.269 e. The average Bonchev–Trinajstić information content (AvgIpc) is 2.47. The maximum absolute atomic E-state index is 10.7. The highest BCUT2D eigenvalue weighted by Crippen LogP contribution is 2.26. The molecule has 2 unspecified atom stereocenters. The number of nitro groups is 1. The summed E-state index contributed by atoms with van der Waals surface area (Å²) in [6.45, 7) is 8.24. The Morgan fingerprint density at radius 3 is 2.48 bits per heavy atom. The van der Waals surface area contributed by atoms with Crippen LogP contribution in [0, 0.1) is 22.0 Å². The lowest BCUT2D eigenvalue weighted by molar-refractivity contribution is -0.384. The lowest BCUT2D eigenvalue weighted by atomic mass is 9.86. The lowest BCUT2D eigenvalue weighted by Crippen LogP contribution is -2.12. The van der Waals surface area contributed by atoms with Crippen molar-refractivity contribution in [3.8, 4) is 0 Å². The predicted octanol–water partition coefficient (Wildman–Crippen LogP) is 4.74. The maximum atomic E-state index is 10.7. The minimum atomic E-state index is -0.363. The number of nitrogens with zero attached hydrogens (tertiary/aromatic N) is 1. The van der Waals surface area contributed by atoms with Gasteiger partial charge in [0.15, 0.2) is 0 Å². The van der Waals surface area contributed by atoms with Gasteiger partial charge < -0.3 is 4.74 Å². The summed E-state index contributed by atoms with van der Waals surface area (Å²) in [4.78, 5) is 10.3. The average molecular weight is 291 g/mol. The van der Waals surface area contributed by atoms with E-state index in [0.717, 1.165) is 37.0 Å². The van der Waals surface area contributed by atoms with E-state index < -0.39 is 0 Å². The summed E-state index contributed by atoms with van der Waals surface area (Å²) in [6, 6.07) is 6.87. The van der Waals surface area contributed by atoms with Crippen LogP contribution in [0.25, 0.3) is 0 Å². The fourth-order valence-electron chi connectivity index (χ4n) is 2.63. The fraction of sp³-hybridized carbons (Fsp3) is 0.529. The first-order valence-corrected chi connectivity index (χ1v) is 7.44. The fourth-order valence-corrected chi connectivity index (χ4v) is 2.63. The van der Waals surface area contributed by atoms with Crippen LogP contribution in [0.2, 0.25) is 0 Å². The molecule has 21 heavy (non-hydrogen) atoms. The number of hydrogen-bond acceptors (Lipinski definition) is 3. The van der Waals surface area contributed by atoms with E-state index in [2.05, 4.69) is 20.4 Å². The van der Waals surface area contributed by atoms with E-state index in [0.29, 0.717) is 11.8 Å². The number of ether oxygens (including phenoxy) is 1. The minimum absolute atomic E-state index is 0.145. The standard InChI is InChI=1S/C17H25NO3/c1-5-6-16(11-13(2)14(3)21-4)12-15-7-9-17(10-8-15)18(19)20/h7-10,13,16H,3,5-6,11-12H2,1-2,4H3. The van der Waals surface area contributed by atoms with Gasteiger partial charge in [0, 0.05) is 18.1 Å². The molecule has 2 atom stereocenters. The van der Waals surface area contributed by atoms with Gasteiger partial charge in [-0.2, -0.15) is 0 Å². The van der Waals surface area contributed by atoms with Gasteiger partial charge in [0.25, 0.3) is 5.69 Å². The van der Waals surface area contributed by atoms with Crippen molar-refractivity contribution in [3.63, 3.8) is 0 Å². The van der Waals surface area contributed by atoms with Gasteiger partial charge in [0.05, 0.1) is 17.8 Å². The van der Waals surface area contributed by atoms with Gasteiger partial charge in [-0.3, -0.25) is 10.1 Å². The second kappa shape index (κ2) is 8.45. The first-order valence-electron chi connectivity index (χ1n) is 7.44. The number of hydrogen-bond donors (Lipinski definition) is 0. The summed E-state index contributed by atoms with van der Waals surface area (Å²) in [5, 5.41) is 10.7. The molecule has 1 rings (SSSR count). The molecule has 116 valence electrons. The van der Waals surface area contributed by atoms with E-state index in [9.17, 15) is 10.1 Å². The zero-order valence-electron chi connectivity index (χ0n) is 13.2. The van der Waals surface area contributed by atoms with Crippen LogP contribution in [0.4, 0.5) is 5.69 Å². The molecule has 0 radical (unpaired) electrons. The van der Waals surface area contributed by atoms with Gasteiger partial charge in [0.2, 0.25) is 0 Å². The topological polar surface area (TPSA) is 52.4 Å². The van der Waals surface area contributed by atoms with Gasteiger partial charge >= 0.3 is 0 Å². The molecule has 0 aromatic heterocycles. The van der Waals surface area contributed by atoms with Crippen LogP contribution in [-0.2, 0) is 11.2 Å². The lowest BCUT2D eigenvalue weighted by Gasteiger charge is -2.21. The van der Waals surface area contributed by atoms with Crippen LogP contribution >= 0.6 is 0 Å². The Morgan fingerprint density at radius 2 is 2.00 bits per heavy atom. The molecule has 0 bridgehead atoms. The van der Waals surface area contributed by atoms with Crippen LogP contribution < -0.4 is 0 Å². The number of benzene rings is 1. The highest BCUT2D eigenvalue weighted by atomic mass is 16.6. The molecular formula is C17H25NO3. The smallest absolute Gasteiger partial charge is 0.269 e. The third-order valence-corrected chi connectivity index (χ3v) is 3.87. The summed E-state index contributed by atoms with van der Waals surface area (Å²) in [6.07, 6.45) is 4.23. The summed E-state index contributed by atoms with van der Waals surface area (Å²) in [7, 11) is 1.66. The number of methoxy groups -OCH3 is 1. The van der Waals surface area contributed by atoms with Gasteiger partial charge in [0.1, 0.15) is 0 Å². The Morgan fingerprint density at radius 1 is 1.38 bits per heavy atom. The monoisotopic (exact) mass is 291 g/mol. The van der Waals surface area contributed by atoms with Gasteiger partial charge in [-0.15, -0.1) is 0 Å². The molecule has 0 aliphatic rings. The molecule has 0 saturated heterocycles.